The third-order valence-electron chi connectivity index (χ3n) is 5.71. The van der Waals surface area contributed by atoms with Crippen molar-refractivity contribution in [2.24, 2.45) is 0 Å². The number of ether oxygens (including phenoxy) is 5. The minimum absolute atomic E-state index is 0.0320. The number of benzene rings is 1. The molecular formula is C26H38N2O9. The van der Waals surface area contributed by atoms with Gasteiger partial charge in [-0.2, -0.15) is 0 Å². The molecule has 37 heavy (non-hydrogen) atoms. The van der Waals surface area contributed by atoms with E-state index >= 15 is 0 Å². The SMILES string of the molecule is [2H]C([2H])([2H])C(Oc1ccc(Cc2c(O[C@@H]3O[C@H](COC(=O)OCC)[C@@H](O)[C@H](O)[C@H]3O)nn(C([2H])(C)C)c2C)cc1)C([2H])([2H])[2H]. The molecule has 11 nitrogen and oxygen atoms in total. The molecule has 1 aromatic heterocycles. The summed E-state index contributed by atoms with van der Waals surface area (Å²) in [7, 11) is 0. The van der Waals surface area contributed by atoms with E-state index in [9.17, 15) is 20.1 Å². The highest BCUT2D eigenvalue weighted by molar-refractivity contribution is 5.59. The number of hydrogen-bond donors (Lipinski definition) is 3. The number of rotatable bonds is 10. The van der Waals surface area contributed by atoms with Gasteiger partial charge in [0.2, 0.25) is 12.2 Å². The number of hydrogen-bond acceptors (Lipinski definition) is 10. The Morgan fingerprint density at radius 2 is 1.86 bits per heavy atom. The number of aromatic nitrogens is 2. The molecule has 2 heterocycles. The van der Waals surface area contributed by atoms with Gasteiger partial charge >= 0.3 is 6.16 Å². The van der Waals surface area contributed by atoms with Crippen LogP contribution in [-0.4, -0.2) is 81.3 Å². The molecule has 0 amide bonds. The molecule has 0 spiro atoms. The zero-order valence-electron chi connectivity index (χ0n) is 28.1. The summed E-state index contributed by atoms with van der Waals surface area (Å²) < 4.78 is 81.5. The van der Waals surface area contributed by atoms with Crippen LogP contribution < -0.4 is 9.47 Å². The van der Waals surface area contributed by atoms with Gasteiger partial charge in [0.25, 0.3) is 0 Å². The number of carbonyl (C=O) groups is 1. The lowest BCUT2D eigenvalue weighted by molar-refractivity contribution is -0.278. The lowest BCUT2D eigenvalue weighted by Gasteiger charge is -2.39. The van der Waals surface area contributed by atoms with E-state index in [-0.39, 0.29) is 24.7 Å². The van der Waals surface area contributed by atoms with Crippen LogP contribution in [0.3, 0.4) is 0 Å². The zero-order chi connectivity index (χ0) is 33.2. The van der Waals surface area contributed by atoms with Crippen molar-refractivity contribution in [1.29, 1.82) is 0 Å². The molecular weight excluding hydrogens is 484 g/mol. The van der Waals surface area contributed by atoms with Crippen molar-refractivity contribution in [1.82, 2.24) is 9.78 Å². The summed E-state index contributed by atoms with van der Waals surface area (Å²) >= 11 is 0. The first-order valence-corrected chi connectivity index (χ1v) is 11.7. The highest BCUT2D eigenvalue weighted by Gasteiger charge is 2.46. The van der Waals surface area contributed by atoms with Crippen molar-refractivity contribution in [2.75, 3.05) is 13.2 Å². The first-order valence-electron chi connectivity index (χ1n) is 15.2. The van der Waals surface area contributed by atoms with E-state index in [1.165, 1.54) is 16.8 Å². The molecule has 1 aromatic carbocycles. The Balaban J connectivity index is 1.87. The quantitative estimate of drug-likeness (QED) is 0.393. The van der Waals surface area contributed by atoms with Crippen molar-refractivity contribution in [3.63, 3.8) is 0 Å². The Bertz CT molecular complexity index is 1250. The molecule has 0 radical (unpaired) electrons. The molecule has 1 aliphatic heterocycles. The van der Waals surface area contributed by atoms with Gasteiger partial charge in [0, 0.05) is 31.9 Å². The van der Waals surface area contributed by atoms with Crippen LogP contribution in [0.2, 0.25) is 0 Å². The number of carbonyl (C=O) groups excluding carboxylic acids is 1. The van der Waals surface area contributed by atoms with Gasteiger partial charge in [0.1, 0.15) is 36.8 Å². The Labute approximate surface area is 226 Å². The van der Waals surface area contributed by atoms with Gasteiger partial charge in [-0.05, 0) is 59.1 Å². The van der Waals surface area contributed by atoms with Crippen LogP contribution in [0.4, 0.5) is 4.79 Å². The molecule has 3 N–H and O–H groups in total. The van der Waals surface area contributed by atoms with Crippen molar-refractivity contribution in [3.05, 3.63) is 41.1 Å². The molecule has 1 saturated heterocycles. The molecule has 3 rings (SSSR count). The van der Waals surface area contributed by atoms with Crippen LogP contribution in [0.1, 0.15) is 66.9 Å². The number of nitrogens with zero attached hydrogens (tertiary/aromatic N) is 2. The minimum atomic E-state index is -2.88. The monoisotopic (exact) mass is 529 g/mol. The molecule has 1 aliphatic rings. The van der Waals surface area contributed by atoms with Crippen LogP contribution >= 0.6 is 0 Å². The van der Waals surface area contributed by atoms with Crippen molar-refractivity contribution in [3.8, 4) is 11.6 Å². The van der Waals surface area contributed by atoms with Crippen molar-refractivity contribution < 1.29 is 53.4 Å². The van der Waals surface area contributed by atoms with Gasteiger partial charge in [0.05, 0.1) is 14.1 Å². The summed E-state index contributed by atoms with van der Waals surface area (Å²) in [6.45, 7) is 0.232. The minimum Gasteiger partial charge on any atom is -0.491 e. The van der Waals surface area contributed by atoms with Crippen molar-refractivity contribution in [2.45, 2.75) is 90.6 Å². The maximum absolute atomic E-state index is 11.6. The predicted molar refractivity (Wildman–Crippen MR) is 133 cm³/mol. The van der Waals surface area contributed by atoms with E-state index in [1.54, 1.807) is 39.8 Å². The highest BCUT2D eigenvalue weighted by atomic mass is 16.7. The molecule has 0 unspecified atom stereocenters. The van der Waals surface area contributed by atoms with E-state index < -0.39 is 69.3 Å². The second-order valence-electron chi connectivity index (χ2n) is 8.67. The molecule has 0 bridgehead atoms. The summed E-state index contributed by atoms with van der Waals surface area (Å²) in [6, 6.07) is 4.79. The molecule has 0 aliphatic carbocycles. The lowest BCUT2D eigenvalue weighted by atomic mass is 9.99. The molecule has 5 atom stereocenters. The maximum atomic E-state index is 11.6. The fourth-order valence-electron chi connectivity index (χ4n) is 3.84. The van der Waals surface area contributed by atoms with E-state index in [0.29, 0.717) is 16.8 Å². The number of aliphatic hydroxyl groups excluding tert-OH is 3. The first-order chi connectivity index (χ1) is 20.2. The summed E-state index contributed by atoms with van der Waals surface area (Å²) in [6.07, 6.45) is -10.8. The summed E-state index contributed by atoms with van der Waals surface area (Å²) in [4.78, 5) is 11.6. The normalized spacial score (nSPS) is 27.6. The summed E-state index contributed by atoms with van der Waals surface area (Å²) in [5, 5.41) is 35.8. The van der Waals surface area contributed by atoms with Crippen LogP contribution in [0.25, 0.3) is 0 Å². The Hall–Kier alpha value is -2.86. The standard InChI is InChI=1S/C26H38N2O9/c1-7-33-26(32)34-13-20-21(29)22(30)23(31)25(36-20)37-24-19(16(6)28(27-24)14(2)3)12-17-8-10-18(11-9-17)35-15(4)5/h8-11,14-15,20-23,25,29-31H,7,12-13H2,1-6H3/t20-,21-,22+,23-,25+/m1/s1/i4D3,5D3,14D. The molecule has 11 heteroatoms. The second kappa shape index (κ2) is 12.6. The van der Waals surface area contributed by atoms with Gasteiger partial charge in [-0.15, -0.1) is 5.10 Å². The highest BCUT2D eigenvalue weighted by Crippen LogP contribution is 2.31. The summed E-state index contributed by atoms with van der Waals surface area (Å²) in [5.41, 5.74) is 1.64. The van der Waals surface area contributed by atoms with Gasteiger partial charge in [0.15, 0.2) is 0 Å². The third kappa shape index (κ3) is 7.13. The fourth-order valence-corrected chi connectivity index (χ4v) is 3.84. The Morgan fingerprint density at radius 1 is 1.16 bits per heavy atom. The van der Waals surface area contributed by atoms with Crippen LogP contribution in [0.5, 0.6) is 11.6 Å². The average molecular weight is 530 g/mol. The van der Waals surface area contributed by atoms with Crippen LogP contribution in [0, 0.1) is 6.92 Å². The smallest absolute Gasteiger partial charge is 0.491 e. The largest absolute Gasteiger partial charge is 0.508 e. The molecule has 1 fully saturated rings. The average Bonchev–Trinajstić information content (AvgIpc) is 3.21. The van der Waals surface area contributed by atoms with E-state index in [0.717, 1.165) is 0 Å². The van der Waals surface area contributed by atoms with Gasteiger partial charge < -0.3 is 39.0 Å². The van der Waals surface area contributed by atoms with E-state index in [2.05, 4.69) is 9.84 Å². The maximum Gasteiger partial charge on any atom is 0.508 e. The second-order valence-corrected chi connectivity index (χ2v) is 8.67. The van der Waals surface area contributed by atoms with Crippen molar-refractivity contribution >= 4 is 6.16 Å². The topological polar surface area (TPSA) is 142 Å². The van der Waals surface area contributed by atoms with E-state index in [1.807, 2.05) is 0 Å². The molecule has 206 valence electrons. The van der Waals surface area contributed by atoms with Gasteiger partial charge in [-0.1, -0.05) is 12.1 Å². The third-order valence-corrected chi connectivity index (χ3v) is 5.71. The number of aliphatic hydroxyl groups is 3. The zero-order valence-corrected chi connectivity index (χ0v) is 21.1. The Kier molecular flexibility index (Phi) is 6.86. The lowest BCUT2D eigenvalue weighted by Crippen LogP contribution is -2.60. The van der Waals surface area contributed by atoms with E-state index in [4.69, 9.17) is 28.5 Å². The molecule has 2 aromatic rings. The fraction of sp³-hybridized carbons (Fsp3) is 0.615. The predicted octanol–water partition coefficient (Wildman–Crippen LogP) is 2.51. The van der Waals surface area contributed by atoms with Crippen LogP contribution in [0.15, 0.2) is 24.3 Å². The van der Waals surface area contributed by atoms with Gasteiger partial charge in [-0.3, -0.25) is 4.68 Å². The van der Waals surface area contributed by atoms with Crippen LogP contribution in [-0.2, 0) is 20.6 Å². The first kappa shape index (κ1) is 20.1. The Morgan fingerprint density at radius 3 is 2.49 bits per heavy atom. The molecule has 0 saturated carbocycles. The van der Waals surface area contributed by atoms with Gasteiger partial charge in [-0.25, -0.2) is 4.79 Å². The summed E-state index contributed by atoms with van der Waals surface area (Å²) in [5.74, 6) is -0.0183.